The summed E-state index contributed by atoms with van der Waals surface area (Å²) in [7, 11) is 0. The van der Waals surface area contributed by atoms with Crippen LogP contribution in [0, 0.1) is 5.92 Å². The van der Waals surface area contributed by atoms with Crippen LogP contribution in [-0.4, -0.2) is 38.8 Å². The van der Waals surface area contributed by atoms with Crippen LogP contribution in [0.15, 0.2) is 0 Å². The lowest BCUT2D eigenvalue weighted by atomic mass is 10.00. The highest BCUT2D eigenvalue weighted by atomic mass is 16.2. The molecule has 1 unspecified atom stereocenters. The fourth-order valence-corrected chi connectivity index (χ4v) is 1.70. The highest BCUT2D eigenvalue weighted by Crippen LogP contribution is 2.07. The van der Waals surface area contributed by atoms with Crippen molar-refractivity contribution in [3.05, 3.63) is 0 Å². The summed E-state index contributed by atoms with van der Waals surface area (Å²) in [5, 5.41) is 8.98. The average molecular weight is 214 g/mol. The largest absolute Gasteiger partial charge is 0.338 e. The molecule has 5 nitrogen and oxygen atoms in total. The van der Waals surface area contributed by atoms with Gasteiger partial charge >= 0.3 is 6.03 Å². The lowest BCUT2D eigenvalue weighted by Gasteiger charge is -2.22. The average Bonchev–Trinajstić information content (AvgIpc) is 2.28. The standard InChI is InChI=1S/C10H22N4O/c11-4-2-6-13-10(15)14-8-9-3-1-5-12-7-9/h9,12H,1-8,11H2,(H2,13,14,15). The van der Waals surface area contributed by atoms with Crippen LogP contribution < -0.4 is 21.7 Å². The molecule has 2 amide bonds. The van der Waals surface area contributed by atoms with Gasteiger partial charge < -0.3 is 21.7 Å². The van der Waals surface area contributed by atoms with Crippen LogP contribution in [0.3, 0.4) is 0 Å². The fourth-order valence-electron chi connectivity index (χ4n) is 1.70. The maximum absolute atomic E-state index is 11.3. The molecule has 15 heavy (non-hydrogen) atoms. The van der Waals surface area contributed by atoms with Crippen LogP contribution in [0.5, 0.6) is 0 Å². The van der Waals surface area contributed by atoms with E-state index < -0.39 is 0 Å². The maximum atomic E-state index is 11.3. The smallest absolute Gasteiger partial charge is 0.314 e. The molecule has 0 aromatic carbocycles. The van der Waals surface area contributed by atoms with Crippen molar-refractivity contribution < 1.29 is 4.79 Å². The Labute approximate surface area is 91.2 Å². The molecule has 0 aromatic rings. The van der Waals surface area contributed by atoms with E-state index >= 15 is 0 Å². The molecule has 5 N–H and O–H groups in total. The van der Waals surface area contributed by atoms with E-state index in [1.165, 1.54) is 12.8 Å². The molecule has 0 aromatic heterocycles. The van der Waals surface area contributed by atoms with E-state index in [1.54, 1.807) is 0 Å². The van der Waals surface area contributed by atoms with Crippen LogP contribution in [0.4, 0.5) is 4.79 Å². The number of piperidine rings is 1. The van der Waals surface area contributed by atoms with Gasteiger partial charge in [-0.15, -0.1) is 0 Å². The van der Waals surface area contributed by atoms with E-state index in [1.807, 2.05) is 0 Å². The molecule has 0 spiro atoms. The Morgan fingerprint density at radius 3 is 3.00 bits per heavy atom. The maximum Gasteiger partial charge on any atom is 0.314 e. The Bertz CT molecular complexity index is 180. The molecule has 1 heterocycles. The van der Waals surface area contributed by atoms with E-state index in [9.17, 15) is 4.79 Å². The molecule has 1 aliphatic rings. The Balaban J connectivity index is 2.00. The SMILES string of the molecule is NCCCNC(=O)NCC1CCCNC1. The third kappa shape index (κ3) is 5.59. The van der Waals surface area contributed by atoms with Crippen LogP contribution in [0.2, 0.25) is 0 Å². The van der Waals surface area contributed by atoms with Gasteiger partial charge in [0.2, 0.25) is 0 Å². The quantitative estimate of drug-likeness (QED) is 0.472. The first-order valence-corrected chi connectivity index (χ1v) is 5.75. The minimum absolute atomic E-state index is 0.0750. The van der Waals surface area contributed by atoms with Crippen LogP contribution >= 0.6 is 0 Å². The number of hydrogen-bond donors (Lipinski definition) is 4. The van der Waals surface area contributed by atoms with Gasteiger partial charge in [0.15, 0.2) is 0 Å². The number of nitrogens with one attached hydrogen (secondary N) is 3. The highest BCUT2D eigenvalue weighted by Gasteiger charge is 2.13. The summed E-state index contributed by atoms with van der Waals surface area (Å²) < 4.78 is 0. The summed E-state index contributed by atoms with van der Waals surface area (Å²) in [4.78, 5) is 11.3. The molecule has 0 bridgehead atoms. The van der Waals surface area contributed by atoms with Crippen molar-refractivity contribution in [2.75, 3.05) is 32.7 Å². The number of rotatable bonds is 5. The first-order valence-electron chi connectivity index (χ1n) is 5.75. The van der Waals surface area contributed by atoms with Gasteiger partial charge in [-0.2, -0.15) is 0 Å². The normalized spacial score (nSPS) is 21.0. The van der Waals surface area contributed by atoms with Crippen molar-refractivity contribution in [1.29, 1.82) is 0 Å². The van der Waals surface area contributed by atoms with Crippen LogP contribution in [0.1, 0.15) is 19.3 Å². The number of urea groups is 1. The van der Waals surface area contributed by atoms with Crippen molar-refractivity contribution in [2.45, 2.75) is 19.3 Å². The number of hydrogen-bond acceptors (Lipinski definition) is 3. The van der Waals surface area contributed by atoms with Crippen molar-refractivity contribution >= 4 is 6.03 Å². The predicted molar refractivity (Wildman–Crippen MR) is 60.7 cm³/mol. The zero-order valence-corrected chi connectivity index (χ0v) is 9.22. The third-order valence-corrected chi connectivity index (χ3v) is 2.62. The van der Waals surface area contributed by atoms with E-state index in [4.69, 9.17) is 5.73 Å². The van der Waals surface area contributed by atoms with Crippen LogP contribution in [-0.2, 0) is 0 Å². The molecule has 1 atom stereocenters. The summed E-state index contributed by atoms with van der Waals surface area (Å²) in [6.45, 7) is 4.17. The van der Waals surface area contributed by atoms with Crippen LogP contribution in [0.25, 0.3) is 0 Å². The molecule has 88 valence electrons. The third-order valence-electron chi connectivity index (χ3n) is 2.62. The minimum atomic E-state index is -0.0750. The molecule has 0 aliphatic carbocycles. The summed E-state index contributed by atoms with van der Waals surface area (Å²) >= 11 is 0. The summed E-state index contributed by atoms with van der Waals surface area (Å²) in [6, 6.07) is -0.0750. The molecule has 0 radical (unpaired) electrons. The number of carbonyl (C=O) groups excluding carboxylic acids is 1. The van der Waals surface area contributed by atoms with Gasteiger partial charge in [-0.05, 0) is 44.8 Å². The Morgan fingerprint density at radius 1 is 1.47 bits per heavy atom. The van der Waals surface area contributed by atoms with Gasteiger partial charge in [0.25, 0.3) is 0 Å². The van der Waals surface area contributed by atoms with Crippen molar-refractivity contribution in [1.82, 2.24) is 16.0 Å². The monoisotopic (exact) mass is 214 g/mol. The summed E-state index contributed by atoms with van der Waals surface area (Å²) in [5.74, 6) is 0.582. The van der Waals surface area contributed by atoms with Crippen molar-refractivity contribution in [3.8, 4) is 0 Å². The number of amides is 2. The molecule has 1 aliphatic heterocycles. The lowest BCUT2D eigenvalue weighted by Crippen LogP contribution is -2.42. The zero-order valence-electron chi connectivity index (χ0n) is 9.22. The molecule has 1 rings (SSSR count). The second-order valence-electron chi connectivity index (χ2n) is 3.99. The predicted octanol–water partition coefficient (Wildman–Crippen LogP) is -0.366. The summed E-state index contributed by atoms with van der Waals surface area (Å²) in [5.41, 5.74) is 5.33. The second-order valence-corrected chi connectivity index (χ2v) is 3.99. The first kappa shape index (κ1) is 12.3. The van der Waals surface area contributed by atoms with Gasteiger partial charge in [-0.3, -0.25) is 0 Å². The topological polar surface area (TPSA) is 79.2 Å². The Kier molecular flexibility index (Phi) is 6.11. The highest BCUT2D eigenvalue weighted by molar-refractivity contribution is 5.73. The molecule has 1 fully saturated rings. The van der Waals surface area contributed by atoms with Gasteiger partial charge in [0.05, 0.1) is 0 Å². The number of nitrogens with two attached hydrogens (primary N) is 1. The molecule has 1 saturated heterocycles. The summed E-state index contributed by atoms with van der Waals surface area (Å²) in [6.07, 6.45) is 3.25. The molecule has 5 heteroatoms. The molecular formula is C10H22N4O. The van der Waals surface area contributed by atoms with E-state index in [2.05, 4.69) is 16.0 Å². The van der Waals surface area contributed by atoms with Gasteiger partial charge in [0.1, 0.15) is 0 Å². The first-order chi connectivity index (χ1) is 7.33. The lowest BCUT2D eigenvalue weighted by molar-refractivity contribution is 0.237. The Morgan fingerprint density at radius 2 is 2.33 bits per heavy atom. The second kappa shape index (κ2) is 7.48. The number of carbonyl (C=O) groups is 1. The minimum Gasteiger partial charge on any atom is -0.338 e. The molecular weight excluding hydrogens is 192 g/mol. The fraction of sp³-hybridized carbons (Fsp3) is 0.900. The van der Waals surface area contributed by atoms with Gasteiger partial charge in [0, 0.05) is 13.1 Å². The van der Waals surface area contributed by atoms with E-state index in [0.29, 0.717) is 19.0 Å². The zero-order chi connectivity index (χ0) is 10.9. The van der Waals surface area contributed by atoms with Crippen molar-refractivity contribution in [2.24, 2.45) is 11.7 Å². The van der Waals surface area contributed by atoms with E-state index in [0.717, 1.165) is 26.1 Å². The Hall–Kier alpha value is -0.810. The van der Waals surface area contributed by atoms with Gasteiger partial charge in [-0.1, -0.05) is 0 Å². The van der Waals surface area contributed by atoms with E-state index in [-0.39, 0.29) is 6.03 Å². The molecule has 0 saturated carbocycles. The van der Waals surface area contributed by atoms with Crippen molar-refractivity contribution in [3.63, 3.8) is 0 Å². The van der Waals surface area contributed by atoms with Gasteiger partial charge in [-0.25, -0.2) is 4.79 Å².